The molecular formula is C26H30N5O4+. The summed E-state index contributed by atoms with van der Waals surface area (Å²) in [7, 11) is 0. The molecule has 1 amide bonds. The van der Waals surface area contributed by atoms with E-state index in [2.05, 4.69) is 15.6 Å². The number of para-hydroxylation sites is 1. The number of carbonyl (C=O) groups excluding carboxylic acids is 1. The Balaban J connectivity index is 1.00. The Hall–Kier alpha value is -3.59. The van der Waals surface area contributed by atoms with Crippen LogP contribution in [0, 0.1) is 11.8 Å². The van der Waals surface area contributed by atoms with Gasteiger partial charge in [-0.2, -0.15) is 0 Å². The van der Waals surface area contributed by atoms with E-state index in [0.29, 0.717) is 25.1 Å². The molecule has 1 aromatic heterocycles. The van der Waals surface area contributed by atoms with Crippen molar-refractivity contribution in [2.24, 2.45) is 11.8 Å². The van der Waals surface area contributed by atoms with Crippen LogP contribution in [0.15, 0.2) is 54.7 Å². The maximum atomic E-state index is 13.0. The van der Waals surface area contributed by atoms with Gasteiger partial charge in [0.05, 0.1) is 31.7 Å². The fourth-order valence-electron chi connectivity index (χ4n) is 5.58. The fraction of sp³-hybridized carbons (Fsp3) is 0.423. The molecule has 1 unspecified atom stereocenters. The van der Waals surface area contributed by atoms with Crippen molar-refractivity contribution in [1.82, 2.24) is 20.3 Å². The van der Waals surface area contributed by atoms with E-state index in [4.69, 9.17) is 14.2 Å². The molecule has 4 aliphatic rings. The van der Waals surface area contributed by atoms with E-state index in [1.54, 1.807) is 0 Å². The maximum absolute atomic E-state index is 13.0. The Morgan fingerprint density at radius 2 is 2.06 bits per heavy atom. The summed E-state index contributed by atoms with van der Waals surface area (Å²) in [5, 5.41) is 11.7. The van der Waals surface area contributed by atoms with Crippen molar-refractivity contribution in [3.8, 4) is 17.2 Å². The van der Waals surface area contributed by atoms with Crippen molar-refractivity contribution >= 4 is 5.91 Å². The molecule has 2 aromatic carbocycles. The topological polar surface area (TPSA) is 91.9 Å². The number of hydrogen-bond donors (Lipinski definition) is 2. The van der Waals surface area contributed by atoms with Crippen LogP contribution in [0.2, 0.25) is 0 Å². The van der Waals surface area contributed by atoms with Crippen LogP contribution in [-0.4, -0.2) is 46.8 Å². The predicted molar refractivity (Wildman–Crippen MR) is 126 cm³/mol. The summed E-state index contributed by atoms with van der Waals surface area (Å²) < 4.78 is 18.5. The highest BCUT2D eigenvalue weighted by atomic mass is 16.7. The molecule has 3 fully saturated rings. The second-order valence-corrected chi connectivity index (χ2v) is 9.64. The van der Waals surface area contributed by atoms with Gasteiger partial charge in [0.1, 0.15) is 24.1 Å². The summed E-state index contributed by atoms with van der Waals surface area (Å²) >= 11 is 0. The zero-order valence-electron chi connectivity index (χ0n) is 19.6. The number of quaternary nitrogens is 1. The van der Waals surface area contributed by atoms with Crippen LogP contribution in [0.3, 0.4) is 0 Å². The molecule has 182 valence electrons. The molecule has 4 atom stereocenters. The highest BCUT2D eigenvalue weighted by Gasteiger charge is 2.46. The van der Waals surface area contributed by atoms with Crippen molar-refractivity contribution in [3.05, 3.63) is 66.0 Å². The fourth-order valence-corrected chi connectivity index (χ4v) is 5.58. The summed E-state index contributed by atoms with van der Waals surface area (Å²) in [5.41, 5.74) is 1.84. The smallest absolute Gasteiger partial charge is 0.231 e. The van der Waals surface area contributed by atoms with Gasteiger partial charge in [-0.1, -0.05) is 29.5 Å². The Bertz CT molecular complexity index is 1180. The lowest BCUT2D eigenvalue weighted by Crippen LogP contribution is -3.20. The van der Waals surface area contributed by atoms with Crippen molar-refractivity contribution in [2.75, 3.05) is 19.9 Å². The number of carbonyl (C=O) groups is 1. The van der Waals surface area contributed by atoms with E-state index in [1.807, 2.05) is 59.4 Å². The summed E-state index contributed by atoms with van der Waals surface area (Å²) in [4.78, 5) is 14.5. The van der Waals surface area contributed by atoms with Gasteiger partial charge in [0.15, 0.2) is 11.5 Å². The van der Waals surface area contributed by atoms with Gasteiger partial charge < -0.3 is 24.4 Å². The largest absolute Gasteiger partial charge is 0.487 e. The molecule has 4 aliphatic heterocycles. The van der Waals surface area contributed by atoms with Crippen molar-refractivity contribution in [3.63, 3.8) is 0 Å². The van der Waals surface area contributed by atoms with Gasteiger partial charge in [0.2, 0.25) is 12.7 Å². The summed E-state index contributed by atoms with van der Waals surface area (Å²) in [6.45, 7) is 3.96. The Labute approximate surface area is 204 Å². The van der Waals surface area contributed by atoms with Crippen LogP contribution < -0.4 is 24.4 Å². The van der Waals surface area contributed by atoms with Crippen LogP contribution in [-0.2, 0) is 24.5 Å². The van der Waals surface area contributed by atoms with E-state index in [0.717, 1.165) is 61.0 Å². The molecule has 3 saturated heterocycles. The molecular weight excluding hydrogens is 446 g/mol. The summed E-state index contributed by atoms with van der Waals surface area (Å²) in [5.74, 6) is 2.97. The van der Waals surface area contributed by atoms with Crippen LogP contribution in [0.5, 0.6) is 17.2 Å². The third kappa shape index (κ3) is 4.81. The van der Waals surface area contributed by atoms with E-state index in [1.165, 1.54) is 4.90 Å². The van der Waals surface area contributed by atoms with E-state index in [9.17, 15) is 4.79 Å². The highest BCUT2D eigenvalue weighted by Crippen LogP contribution is 2.32. The minimum atomic E-state index is 0.0644. The minimum Gasteiger partial charge on any atom is -0.487 e. The van der Waals surface area contributed by atoms with Gasteiger partial charge in [-0.25, -0.2) is 4.68 Å². The second-order valence-electron chi connectivity index (χ2n) is 9.64. The highest BCUT2D eigenvalue weighted by molar-refractivity contribution is 5.79. The standard InChI is InChI=1S/C26H29N5O4/c32-26(27-12-18-6-7-24-25(10-18)35-17-34-24)23-15-30-9-8-19(23)11-21(30)14-31-13-20(28-29-31)16-33-22-4-2-1-3-5-22/h1-7,10,13,19,21,23H,8-9,11-12,14-17H2,(H,27,32)/p+1/t19-,21-,23+/m1/s1. The number of benzene rings is 2. The molecule has 9 heteroatoms. The van der Waals surface area contributed by atoms with Crippen molar-refractivity contribution in [2.45, 2.75) is 38.6 Å². The number of nitrogens with one attached hydrogen (secondary N) is 2. The van der Waals surface area contributed by atoms with Crippen LogP contribution in [0.4, 0.5) is 0 Å². The molecule has 0 radical (unpaired) electrons. The van der Waals surface area contributed by atoms with E-state index >= 15 is 0 Å². The molecule has 3 aromatic rings. The number of nitrogens with zero attached hydrogens (tertiary/aromatic N) is 3. The third-order valence-corrected chi connectivity index (χ3v) is 7.42. The van der Waals surface area contributed by atoms with E-state index < -0.39 is 0 Å². The lowest BCUT2D eigenvalue weighted by Gasteiger charge is -2.46. The van der Waals surface area contributed by atoms with Gasteiger partial charge in [0.25, 0.3) is 0 Å². The van der Waals surface area contributed by atoms with E-state index in [-0.39, 0.29) is 18.6 Å². The summed E-state index contributed by atoms with van der Waals surface area (Å²) in [6.07, 6.45) is 4.11. The van der Waals surface area contributed by atoms with Crippen LogP contribution in [0.1, 0.15) is 24.1 Å². The molecule has 7 rings (SSSR count). The molecule has 0 saturated carbocycles. The first-order valence-electron chi connectivity index (χ1n) is 12.3. The van der Waals surface area contributed by atoms with Gasteiger partial charge in [-0.15, -0.1) is 5.10 Å². The van der Waals surface area contributed by atoms with Crippen molar-refractivity contribution in [1.29, 1.82) is 0 Å². The number of piperidine rings is 3. The van der Waals surface area contributed by atoms with Crippen LogP contribution >= 0.6 is 0 Å². The first-order chi connectivity index (χ1) is 17.2. The predicted octanol–water partition coefficient (Wildman–Crippen LogP) is 1.20. The normalized spacial score (nSPS) is 24.3. The first-order valence-corrected chi connectivity index (χ1v) is 12.3. The maximum Gasteiger partial charge on any atom is 0.231 e. The lowest BCUT2D eigenvalue weighted by molar-refractivity contribution is -0.945. The Morgan fingerprint density at radius 3 is 2.91 bits per heavy atom. The Kier molecular flexibility index (Phi) is 5.99. The second kappa shape index (κ2) is 9.58. The summed E-state index contributed by atoms with van der Waals surface area (Å²) in [6, 6.07) is 16.0. The zero-order chi connectivity index (χ0) is 23.6. The number of ether oxygens (including phenoxy) is 3. The first kappa shape index (κ1) is 21.9. The van der Waals surface area contributed by atoms with Gasteiger partial charge >= 0.3 is 0 Å². The Morgan fingerprint density at radius 1 is 1.17 bits per heavy atom. The number of rotatable bonds is 8. The third-order valence-electron chi connectivity index (χ3n) is 7.42. The minimum absolute atomic E-state index is 0.0644. The molecule has 0 spiro atoms. The number of amides is 1. The van der Waals surface area contributed by atoms with Gasteiger partial charge in [0, 0.05) is 19.4 Å². The molecule has 5 heterocycles. The van der Waals surface area contributed by atoms with Gasteiger partial charge in [-0.05, 0) is 35.7 Å². The molecule has 35 heavy (non-hydrogen) atoms. The number of aromatic nitrogens is 3. The van der Waals surface area contributed by atoms with Gasteiger partial charge in [-0.3, -0.25) is 4.79 Å². The van der Waals surface area contributed by atoms with Crippen molar-refractivity contribution < 1.29 is 23.9 Å². The lowest BCUT2D eigenvalue weighted by atomic mass is 9.75. The molecule has 2 bridgehead atoms. The zero-order valence-corrected chi connectivity index (χ0v) is 19.6. The number of hydrogen-bond acceptors (Lipinski definition) is 6. The average Bonchev–Trinajstić information content (AvgIpc) is 3.56. The number of fused-ring (bicyclic) bond motifs is 4. The average molecular weight is 477 g/mol. The monoisotopic (exact) mass is 476 g/mol. The SMILES string of the molecule is O=C(NCc1ccc2c(c1)OCO2)[C@H]1C[NH+]2CC[C@@H]1C[C@@H]2Cn1cc(COc2ccccc2)nn1. The molecule has 9 nitrogen and oxygen atoms in total. The van der Waals surface area contributed by atoms with Crippen LogP contribution in [0.25, 0.3) is 0 Å². The quantitative estimate of drug-likeness (QED) is 0.508. The molecule has 2 N–H and O–H groups in total. The molecule has 0 aliphatic carbocycles.